The molecule has 1 aromatic carbocycles. The molecule has 0 spiro atoms. The summed E-state index contributed by atoms with van der Waals surface area (Å²) in [6, 6.07) is 13.0. The second-order valence-corrected chi connectivity index (χ2v) is 5.90. The van der Waals surface area contributed by atoms with E-state index in [1.807, 2.05) is 6.07 Å². The SMILES string of the molecule is O=C(NCCc1cccc(NC(=O)c2ncccc2O)c1)c1ncccc1O. The first-order valence-corrected chi connectivity index (χ1v) is 8.51. The molecule has 0 bridgehead atoms. The fourth-order valence-corrected chi connectivity index (χ4v) is 2.54. The van der Waals surface area contributed by atoms with Gasteiger partial charge in [-0.25, -0.2) is 9.97 Å². The highest BCUT2D eigenvalue weighted by Crippen LogP contribution is 2.17. The van der Waals surface area contributed by atoms with Gasteiger partial charge in [0.15, 0.2) is 11.4 Å². The minimum Gasteiger partial charge on any atom is -0.505 e. The molecule has 0 radical (unpaired) electrons. The average molecular weight is 378 g/mol. The van der Waals surface area contributed by atoms with Crippen molar-refractivity contribution >= 4 is 17.5 Å². The van der Waals surface area contributed by atoms with Crippen LogP contribution in [0.25, 0.3) is 0 Å². The smallest absolute Gasteiger partial charge is 0.278 e. The number of carbonyl (C=O) groups is 2. The number of benzene rings is 1. The van der Waals surface area contributed by atoms with Crippen LogP contribution in [-0.4, -0.2) is 38.5 Å². The van der Waals surface area contributed by atoms with Crippen LogP contribution in [0.4, 0.5) is 5.69 Å². The Morgan fingerprint density at radius 1 is 0.857 bits per heavy atom. The zero-order chi connectivity index (χ0) is 19.9. The quantitative estimate of drug-likeness (QED) is 0.521. The van der Waals surface area contributed by atoms with Crippen LogP contribution in [0.1, 0.15) is 26.5 Å². The topological polar surface area (TPSA) is 124 Å². The van der Waals surface area contributed by atoms with Gasteiger partial charge < -0.3 is 20.8 Å². The van der Waals surface area contributed by atoms with Gasteiger partial charge in [-0.05, 0) is 48.4 Å². The predicted octanol–water partition coefficient (Wildman–Crippen LogP) is 2.11. The maximum absolute atomic E-state index is 12.2. The molecule has 2 aromatic heterocycles. The number of aromatic hydroxyl groups is 2. The van der Waals surface area contributed by atoms with Crippen LogP contribution in [0.2, 0.25) is 0 Å². The van der Waals surface area contributed by atoms with Crippen molar-refractivity contribution in [1.29, 1.82) is 0 Å². The molecule has 3 aromatic rings. The summed E-state index contributed by atoms with van der Waals surface area (Å²) in [5.41, 5.74) is 1.34. The number of nitrogens with zero attached hydrogens (tertiary/aromatic N) is 2. The van der Waals surface area contributed by atoms with E-state index in [4.69, 9.17) is 0 Å². The van der Waals surface area contributed by atoms with E-state index in [0.29, 0.717) is 18.7 Å². The Balaban J connectivity index is 1.58. The molecule has 3 rings (SSSR count). The molecule has 0 aliphatic carbocycles. The predicted molar refractivity (Wildman–Crippen MR) is 102 cm³/mol. The molecule has 8 nitrogen and oxygen atoms in total. The standard InChI is InChI=1S/C20H18N4O4/c25-15-6-2-9-21-17(15)19(27)23-11-8-13-4-1-5-14(12-13)24-20(28)18-16(26)7-3-10-22-18/h1-7,9-10,12,25-26H,8,11H2,(H,23,27)(H,24,28). The van der Waals surface area contributed by atoms with Crippen molar-refractivity contribution in [3.63, 3.8) is 0 Å². The van der Waals surface area contributed by atoms with Crippen molar-refractivity contribution in [2.45, 2.75) is 6.42 Å². The molecule has 0 unspecified atom stereocenters. The van der Waals surface area contributed by atoms with E-state index >= 15 is 0 Å². The van der Waals surface area contributed by atoms with Crippen molar-refractivity contribution in [3.8, 4) is 11.5 Å². The molecule has 142 valence electrons. The molecule has 0 aliphatic heterocycles. The number of carbonyl (C=O) groups excluding carboxylic acids is 2. The molecule has 4 N–H and O–H groups in total. The van der Waals surface area contributed by atoms with Gasteiger partial charge in [0, 0.05) is 24.6 Å². The van der Waals surface area contributed by atoms with Crippen molar-refractivity contribution < 1.29 is 19.8 Å². The first-order chi connectivity index (χ1) is 13.5. The highest BCUT2D eigenvalue weighted by molar-refractivity contribution is 6.04. The molecule has 8 heteroatoms. The lowest BCUT2D eigenvalue weighted by atomic mass is 10.1. The highest BCUT2D eigenvalue weighted by atomic mass is 16.3. The summed E-state index contributed by atoms with van der Waals surface area (Å²) in [6.45, 7) is 0.327. The van der Waals surface area contributed by atoms with Crippen LogP contribution in [0, 0.1) is 0 Å². The van der Waals surface area contributed by atoms with Crippen LogP contribution in [0.3, 0.4) is 0 Å². The Kier molecular flexibility index (Phi) is 5.81. The molecular weight excluding hydrogens is 360 g/mol. The Labute approximate surface area is 160 Å². The molecule has 2 heterocycles. The maximum atomic E-state index is 12.2. The third-order valence-corrected chi connectivity index (χ3v) is 3.89. The minimum absolute atomic E-state index is 0.0290. The summed E-state index contributed by atoms with van der Waals surface area (Å²) in [5, 5.41) is 24.7. The van der Waals surface area contributed by atoms with Crippen molar-refractivity contribution in [2.75, 3.05) is 11.9 Å². The molecule has 2 amide bonds. The molecule has 0 fully saturated rings. The lowest BCUT2D eigenvalue weighted by molar-refractivity contribution is 0.0945. The Hall–Kier alpha value is -3.94. The zero-order valence-corrected chi connectivity index (χ0v) is 14.8. The first kappa shape index (κ1) is 18.8. The lowest BCUT2D eigenvalue weighted by Crippen LogP contribution is -2.26. The van der Waals surface area contributed by atoms with Crippen LogP contribution in [-0.2, 0) is 6.42 Å². The summed E-state index contributed by atoms with van der Waals surface area (Å²) >= 11 is 0. The van der Waals surface area contributed by atoms with E-state index in [2.05, 4.69) is 20.6 Å². The Morgan fingerprint density at radius 3 is 2.14 bits per heavy atom. The number of hydrogen-bond acceptors (Lipinski definition) is 6. The number of anilines is 1. The second kappa shape index (κ2) is 8.63. The van der Waals surface area contributed by atoms with Crippen molar-refractivity contribution in [3.05, 3.63) is 77.9 Å². The normalized spacial score (nSPS) is 10.3. The minimum atomic E-state index is -0.519. The summed E-state index contributed by atoms with van der Waals surface area (Å²) in [6.07, 6.45) is 3.37. The van der Waals surface area contributed by atoms with E-state index in [-0.39, 0.29) is 22.9 Å². The fraction of sp³-hybridized carbons (Fsp3) is 0.100. The maximum Gasteiger partial charge on any atom is 0.278 e. The van der Waals surface area contributed by atoms with Crippen LogP contribution >= 0.6 is 0 Å². The number of aromatic nitrogens is 2. The molecule has 0 saturated heterocycles. The second-order valence-electron chi connectivity index (χ2n) is 5.90. The number of nitrogens with one attached hydrogen (secondary N) is 2. The van der Waals surface area contributed by atoms with E-state index in [1.54, 1.807) is 18.2 Å². The van der Waals surface area contributed by atoms with E-state index in [0.717, 1.165) is 5.56 Å². The molecule has 0 atom stereocenters. The lowest BCUT2D eigenvalue weighted by Gasteiger charge is -2.09. The van der Waals surface area contributed by atoms with Crippen molar-refractivity contribution in [2.24, 2.45) is 0 Å². The van der Waals surface area contributed by atoms with Gasteiger partial charge in [0.05, 0.1) is 0 Å². The van der Waals surface area contributed by atoms with Gasteiger partial charge in [0.2, 0.25) is 0 Å². The van der Waals surface area contributed by atoms with E-state index < -0.39 is 11.8 Å². The average Bonchev–Trinajstić information content (AvgIpc) is 2.69. The van der Waals surface area contributed by atoms with Crippen LogP contribution < -0.4 is 10.6 Å². The third-order valence-electron chi connectivity index (χ3n) is 3.89. The van der Waals surface area contributed by atoms with Crippen LogP contribution in [0.15, 0.2) is 60.9 Å². The summed E-state index contributed by atoms with van der Waals surface area (Å²) in [7, 11) is 0. The Bertz CT molecular complexity index is 1010. The Morgan fingerprint density at radius 2 is 1.50 bits per heavy atom. The largest absolute Gasteiger partial charge is 0.505 e. The van der Waals surface area contributed by atoms with Gasteiger partial charge in [-0.3, -0.25) is 9.59 Å². The molecular formula is C20H18N4O4. The monoisotopic (exact) mass is 378 g/mol. The van der Waals surface area contributed by atoms with Gasteiger partial charge in [0.1, 0.15) is 11.5 Å². The van der Waals surface area contributed by atoms with Crippen molar-refractivity contribution in [1.82, 2.24) is 15.3 Å². The van der Waals surface area contributed by atoms with Crippen LogP contribution in [0.5, 0.6) is 11.5 Å². The van der Waals surface area contributed by atoms with Gasteiger partial charge in [-0.2, -0.15) is 0 Å². The molecule has 0 saturated carbocycles. The van der Waals surface area contributed by atoms with Gasteiger partial charge in [-0.1, -0.05) is 12.1 Å². The van der Waals surface area contributed by atoms with E-state index in [1.165, 1.54) is 36.7 Å². The number of rotatable bonds is 6. The van der Waals surface area contributed by atoms with E-state index in [9.17, 15) is 19.8 Å². The van der Waals surface area contributed by atoms with Gasteiger partial charge in [0.25, 0.3) is 11.8 Å². The summed E-state index contributed by atoms with van der Waals surface area (Å²) in [4.78, 5) is 32.0. The number of hydrogen-bond donors (Lipinski definition) is 4. The molecule has 0 aliphatic rings. The van der Waals surface area contributed by atoms with Gasteiger partial charge >= 0.3 is 0 Å². The molecule has 28 heavy (non-hydrogen) atoms. The van der Waals surface area contributed by atoms with Gasteiger partial charge in [-0.15, -0.1) is 0 Å². The fourth-order valence-electron chi connectivity index (χ4n) is 2.54. The highest BCUT2D eigenvalue weighted by Gasteiger charge is 2.13. The summed E-state index contributed by atoms with van der Waals surface area (Å²) < 4.78 is 0. The zero-order valence-electron chi connectivity index (χ0n) is 14.8. The number of amides is 2. The summed E-state index contributed by atoms with van der Waals surface area (Å²) in [5.74, 6) is -1.36. The third kappa shape index (κ3) is 4.61. The number of pyridine rings is 2. The first-order valence-electron chi connectivity index (χ1n) is 8.51.